The molecular formula is C11H12N2O2. The summed E-state index contributed by atoms with van der Waals surface area (Å²) in [6, 6.07) is 5.71. The summed E-state index contributed by atoms with van der Waals surface area (Å²) in [5, 5.41) is 2.71. The zero-order valence-electron chi connectivity index (χ0n) is 8.70. The number of aryl methyl sites for hydroxylation is 1. The smallest absolute Gasteiger partial charge is 0.247 e. The fourth-order valence-corrected chi connectivity index (χ4v) is 1.55. The van der Waals surface area contributed by atoms with Gasteiger partial charge in [-0.1, -0.05) is 0 Å². The van der Waals surface area contributed by atoms with Crippen LogP contribution in [0.25, 0.3) is 0 Å². The Bertz CT molecular complexity index is 438. The van der Waals surface area contributed by atoms with Crippen LogP contribution in [0.3, 0.4) is 0 Å². The fourth-order valence-electron chi connectivity index (χ4n) is 1.55. The van der Waals surface area contributed by atoms with Crippen LogP contribution in [0, 0.1) is 6.92 Å². The molecule has 1 aliphatic rings. The molecule has 0 radical (unpaired) electrons. The molecule has 0 unspecified atom stereocenters. The van der Waals surface area contributed by atoms with E-state index in [1.807, 2.05) is 25.1 Å². The number of aliphatic imine (C=N–C) groups is 1. The van der Waals surface area contributed by atoms with E-state index >= 15 is 0 Å². The third-order valence-electron chi connectivity index (χ3n) is 2.31. The summed E-state index contributed by atoms with van der Waals surface area (Å²) in [6.45, 7) is 2.18. The van der Waals surface area contributed by atoms with Gasteiger partial charge in [0, 0.05) is 5.56 Å². The van der Waals surface area contributed by atoms with E-state index in [1.54, 1.807) is 7.11 Å². The maximum atomic E-state index is 11.0. The summed E-state index contributed by atoms with van der Waals surface area (Å²) in [5.74, 6) is 1.42. The summed E-state index contributed by atoms with van der Waals surface area (Å²) < 4.78 is 5.16. The van der Waals surface area contributed by atoms with Gasteiger partial charge >= 0.3 is 0 Å². The quantitative estimate of drug-likeness (QED) is 0.777. The Morgan fingerprint density at radius 3 is 2.80 bits per heavy atom. The van der Waals surface area contributed by atoms with Crippen LogP contribution in [-0.2, 0) is 4.79 Å². The zero-order chi connectivity index (χ0) is 10.8. The lowest BCUT2D eigenvalue weighted by atomic mass is 10.1. The summed E-state index contributed by atoms with van der Waals surface area (Å²) in [7, 11) is 1.64. The second-order valence-corrected chi connectivity index (χ2v) is 3.40. The third-order valence-corrected chi connectivity index (χ3v) is 2.31. The molecule has 0 bridgehead atoms. The van der Waals surface area contributed by atoms with Gasteiger partial charge in [-0.15, -0.1) is 0 Å². The number of nitrogens with zero attached hydrogens (tertiary/aromatic N) is 1. The topological polar surface area (TPSA) is 50.7 Å². The molecule has 4 heteroatoms. The van der Waals surface area contributed by atoms with Gasteiger partial charge in [-0.05, 0) is 30.7 Å². The van der Waals surface area contributed by atoms with E-state index in [0.717, 1.165) is 16.9 Å². The molecule has 0 saturated heterocycles. The second-order valence-electron chi connectivity index (χ2n) is 3.40. The van der Waals surface area contributed by atoms with Crippen LogP contribution in [0.5, 0.6) is 5.75 Å². The van der Waals surface area contributed by atoms with E-state index in [4.69, 9.17) is 4.74 Å². The van der Waals surface area contributed by atoms with Gasteiger partial charge in [0.15, 0.2) is 0 Å². The number of benzene rings is 1. The van der Waals surface area contributed by atoms with Gasteiger partial charge in [0.25, 0.3) is 0 Å². The highest BCUT2D eigenvalue weighted by atomic mass is 16.5. The Hall–Kier alpha value is -1.84. The molecule has 4 nitrogen and oxygen atoms in total. The minimum atomic E-state index is -0.0570. The van der Waals surface area contributed by atoms with Crippen molar-refractivity contribution < 1.29 is 9.53 Å². The highest BCUT2D eigenvalue weighted by Gasteiger charge is 2.15. The Balaban J connectivity index is 2.31. The molecule has 15 heavy (non-hydrogen) atoms. The molecule has 1 N–H and O–H groups in total. The molecular weight excluding hydrogens is 192 g/mol. The van der Waals surface area contributed by atoms with Crippen molar-refractivity contribution >= 4 is 11.7 Å². The first kappa shape index (κ1) is 9.71. The molecule has 1 amide bonds. The number of ether oxygens (including phenoxy) is 1. The standard InChI is InChI=1S/C11H12N2O2/c1-7-5-8(3-4-9(7)15-2)11-12-6-10(14)13-11/h3-5H,6H2,1-2H3,(H,12,13,14). The number of nitrogens with one attached hydrogen (secondary N) is 1. The van der Waals surface area contributed by atoms with Crippen molar-refractivity contribution in [3.05, 3.63) is 29.3 Å². The largest absolute Gasteiger partial charge is 0.496 e. The minimum absolute atomic E-state index is 0.0570. The molecule has 0 saturated carbocycles. The molecule has 2 rings (SSSR count). The summed E-state index contributed by atoms with van der Waals surface area (Å²) in [6.07, 6.45) is 0. The molecule has 78 valence electrons. The van der Waals surface area contributed by atoms with Crippen LogP contribution in [0.1, 0.15) is 11.1 Å². The normalized spacial score (nSPS) is 14.8. The van der Waals surface area contributed by atoms with Gasteiger partial charge in [-0.25, -0.2) is 0 Å². The van der Waals surface area contributed by atoms with Crippen LogP contribution >= 0.6 is 0 Å². The number of amidine groups is 1. The van der Waals surface area contributed by atoms with E-state index in [2.05, 4.69) is 10.3 Å². The predicted octanol–water partition coefficient (Wildman–Crippen LogP) is 0.880. The number of amides is 1. The summed E-state index contributed by atoms with van der Waals surface area (Å²) >= 11 is 0. The molecule has 0 aliphatic carbocycles. The molecule has 1 heterocycles. The van der Waals surface area contributed by atoms with Gasteiger partial charge < -0.3 is 10.1 Å². The maximum absolute atomic E-state index is 11.0. The maximum Gasteiger partial charge on any atom is 0.247 e. The van der Waals surface area contributed by atoms with E-state index in [1.165, 1.54) is 0 Å². The Morgan fingerprint density at radius 1 is 1.47 bits per heavy atom. The highest BCUT2D eigenvalue weighted by Crippen LogP contribution is 2.19. The van der Waals surface area contributed by atoms with Crippen molar-refractivity contribution in [2.75, 3.05) is 13.7 Å². The lowest BCUT2D eigenvalue weighted by Gasteiger charge is -2.07. The van der Waals surface area contributed by atoms with Crippen molar-refractivity contribution in [2.24, 2.45) is 4.99 Å². The van der Waals surface area contributed by atoms with Gasteiger partial charge in [0.05, 0.1) is 7.11 Å². The monoisotopic (exact) mass is 204 g/mol. The number of methoxy groups -OCH3 is 1. The van der Waals surface area contributed by atoms with Gasteiger partial charge in [-0.3, -0.25) is 9.79 Å². The number of hydrogen-bond acceptors (Lipinski definition) is 3. The van der Waals surface area contributed by atoms with E-state index in [0.29, 0.717) is 5.84 Å². The predicted molar refractivity (Wildman–Crippen MR) is 57.3 cm³/mol. The number of rotatable bonds is 2. The van der Waals surface area contributed by atoms with Crippen molar-refractivity contribution in [3.63, 3.8) is 0 Å². The second kappa shape index (κ2) is 3.73. The molecule has 0 atom stereocenters. The van der Waals surface area contributed by atoms with Crippen molar-refractivity contribution in [3.8, 4) is 5.75 Å². The summed E-state index contributed by atoms with van der Waals surface area (Å²) in [4.78, 5) is 15.1. The summed E-state index contributed by atoms with van der Waals surface area (Å²) in [5.41, 5.74) is 1.94. The Labute approximate surface area is 88.0 Å². The third kappa shape index (κ3) is 1.83. The van der Waals surface area contributed by atoms with Crippen LogP contribution in [0.15, 0.2) is 23.2 Å². The van der Waals surface area contributed by atoms with Crippen molar-refractivity contribution in [1.82, 2.24) is 5.32 Å². The van der Waals surface area contributed by atoms with E-state index in [-0.39, 0.29) is 12.5 Å². The van der Waals surface area contributed by atoms with E-state index in [9.17, 15) is 4.79 Å². The molecule has 1 aliphatic heterocycles. The van der Waals surface area contributed by atoms with Crippen LogP contribution in [0.4, 0.5) is 0 Å². The average molecular weight is 204 g/mol. The van der Waals surface area contributed by atoms with Crippen LogP contribution < -0.4 is 10.1 Å². The van der Waals surface area contributed by atoms with E-state index < -0.39 is 0 Å². The minimum Gasteiger partial charge on any atom is -0.496 e. The van der Waals surface area contributed by atoms with Crippen molar-refractivity contribution in [2.45, 2.75) is 6.92 Å². The van der Waals surface area contributed by atoms with Gasteiger partial charge in [0.2, 0.25) is 5.91 Å². The molecule has 0 spiro atoms. The number of carbonyl (C=O) groups is 1. The molecule has 0 aromatic heterocycles. The molecule has 1 aromatic carbocycles. The molecule has 0 fully saturated rings. The zero-order valence-corrected chi connectivity index (χ0v) is 8.70. The first-order valence-electron chi connectivity index (χ1n) is 4.70. The average Bonchev–Trinajstić information content (AvgIpc) is 2.65. The Kier molecular flexibility index (Phi) is 2.41. The van der Waals surface area contributed by atoms with Gasteiger partial charge in [0.1, 0.15) is 18.1 Å². The fraction of sp³-hybridized carbons (Fsp3) is 0.273. The number of hydrogen-bond donors (Lipinski definition) is 1. The molecule has 1 aromatic rings. The SMILES string of the molecule is COc1ccc(C2=NCC(=O)N2)cc1C. The van der Waals surface area contributed by atoms with Gasteiger partial charge in [-0.2, -0.15) is 0 Å². The first-order valence-corrected chi connectivity index (χ1v) is 4.70. The lowest BCUT2D eigenvalue weighted by Crippen LogP contribution is -2.25. The lowest BCUT2D eigenvalue weighted by molar-refractivity contribution is -0.117. The Morgan fingerprint density at radius 2 is 2.27 bits per heavy atom. The highest BCUT2D eigenvalue weighted by molar-refractivity contribution is 6.12. The van der Waals surface area contributed by atoms with Crippen molar-refractivity contribution in [1.29, 1.82) is 0 Å². The van der Waals surface area contributed by atoms with Crippen LogP contribution in [-0.4, -0.2) is 25.4 Å². The van der Waals surface area contributed by atoms with Crippen LogP contribution in [0.2, 0.25) is 0 Å². The number of carbonyl (C=O) groups excluding carboxylic acids is 1. The first-order chi connectivity index (χ1) is 7.20.